The largest absolute Gasteiger partial charge is 0.302 e. The highest BCUT2D eigenvalue weighted by molar-refractivity contribution is 5.66. The van der Waals surface area contributed by atoms with Gasteiger partial charge in [0.25, 0.3) is 0 Å². The lowest BCUT2D eigenvalue weighted by Gasteiger charge is -2.35. The van der Waals surface area contributed by atoms with E-state index in [0.29, 0.717) is 11.5 Å². The average molecular weight is 357 g/mol. The van der Waals surface area contributed by atoms with Crippen molar-refractivity contribution in [1.82, 2.24) is 15.1 Å². The fourth-order valence-electron chi connectivity index (χ4n) is 4.37. The summed E-state index contributed by atoms with van der Waals surface area (Å²) in [6, 6.07) is 3.75. The summed E-state index contributed by atoms with van der Waals surface area (Å²) in [5, 5.41) is 7.26. The molecule has 1 aliphatic heterocycles. The standard InChI is InChI=1S/C21H25F2N3/c22-17-8-9-18(20(23)11-17)19-12-24-25-21(19)16-7-4-10-26(14-16)13-15-5-2-1-3-6-15/h1-2,8-9,11-12,15-16H,3-7,10,13-14H2,(H,24,25). The molecule has 1 fully saturated rings. The summed E-state index contributed by atoms with van der Waals surface area (Å²) < 4.78 is 27.5. The number of hydrogen-bond donors (Lipinski definition) is 1. The number of nitrogens with one attached hydrogen (secondary N) is 1. The SMILES string of the molecule is Fc1ccc(-c2cn[nH]c2C2CCCN(CC3CC=CCC3)C2)c(F)c1. The summed E-state index contributed by atoms with van der Waals surface area (Å²) >= 11 is 0. The van der Waals surface area contributed by atoms with E-state index in [1.54, 1.807) is 6.20 Å². The van der Waals surface area contributed by atoms with Crippen LogP contribution in [0.15, 0.2) is 36.5 Å². The van der Waals surface area contributed by atoms with E-state index in [9.17, 15) is 8.78 Å². The molecule has 1 aliphatic carbocycles. The summed E-state index contributed by atoms with van der Waals surface area (Å²) in [6.45, 7) is 3.23. The molecular formula is C21H25F2N3. The van der Waals surface area contributed by atoms with Gasteiger partial charge in [-0.3, -0.25) is 5.10 Å². The molecular weight excluding hydrogens is 332 g/mol. The highest BCUT2D eigenvalue weighted by Crippen LogP contribution is 2.35. The number of aromatic amines is 1. The molecule has 3 nitrogen and oxygen atoms in total. The fraction of sp³-hybridized carbons (Fsp3) is 0.476. The third-order valence-corrected chi connectivity index (χ3v) is 5.70. The average Bonchev–Trinajstić information content (AvgIpc) is 3.12. The van der Waals surface area contributed by atoms with Crippen LogP contribution in [0.25, 0.3) is 11.1 Å². The van der Waals surface area contributed by atoms with Crippen molar-refractivity contribution in [3.63, 3.8) is 0 Å². The summed E-state index contributed by atoms with van der Waals surface area (Å²) in [5.41, 5.74) is 2.16. The van der Waals surface area contributed by atoms with Crippen LogP contribution in [0.2, 0.25) is 0 Å². The zero-order valence-corrected chi connectivity index (χ0v) is 14.9. The van der Waals surface area contributed by atoms with Crippen molar-refractivity contribution < 1.29 is 8.78 Å². The quantitative estimate of drug-likeness (QED) is 0.790. The molecule has 0 saturated carbocycles. The van der Waals surface area contributed by atoms with E-state index in [1.807, 2.05) is 0 Å². The van der Waals surface area contributed by atoms with Crippen molar-refractivity contribution in [3.8, 4) is 11.1 Å². The summed E-state index contributed by atoms with van der Waals surface area (Å²) in [6.07, 6.45) is 12.1. The number of nitrogens with zero attached hydrogens (tertiary/aromatic N) is 2. The molecule has 0 amide bonds. The third-order valence-electron chi connectivity index (χ3n) is 5.70. The zero-order valence-electron chi connectivity index (χ0n) is 14.9. The fourth-order valence-corrected chi connectivity index (χ4v) is 4.37. The molecule has 1 aromatic heterocycles. The van der Waals surface area contributed by atoms with E-state index in [4.69, 9.17) is 0 Å². The molecule has 138 valence electrons. The number of allylic oxidation sites excluding steroid dienone is 2. The molecule has 26 heavy (non-hydrogen) atoms. The van der Waals surface area contributed by atoms with E-state index < -0.39 is 11.6 Å². The van der Waals surface area contributed by atoms with E-state index in [-0.39, 0.29) is 0 Å². The van der Waals surface area contributed by atoms with Crippen molar-refractivity contribution in [2.75, 3.05) is 19.6 Å². The van der Waals surface area contributed by atoms with Gasteiger partial charge < -0.3 is 4.90 Å². The minimum absolute atomic E-state index is 0.310. The molecule has 2 atom stereocenters. The Kier molecular flexibility index (Phi) is 5.16. The van der Waals surface area contributed by atoms with Crippen LogP contribution in [0.5, 0.6) is 0 Å². The Morgan fingerprint density at radius 1 is 1.15 bits per heavy atom. The number of halogens is 2. The van der Waals surface area contributed by atoms with Crippen LogP contribution < -0.4 is 0 Å². The third kappa shape index (κ3) is 3.73. The maximum absolute atomic E-state index is 14.2. The number of piperidine rings is 1. The van der Waals surface area contributed by atoms with E-state index in [1.165, 1.54) is 31.4 Å². The van der Waals surface area contributed by atoms with Gasteiger partial charge in [0.15, 0.2) is 0 Å². The summed E-state index contributed by atoms with van der Waals surface area (Å²) in [5.74, 6) is -0.0321. The van der Waals surface area contributed by atoms with Crippen molar-refractivity contribution in [2.45, 2.75) is 38.0 Å². The lowest BCUT2D eigenvalue weighted by Crippen LogP contribution is -2.38. The van der Waals surface area contributed by atoms with Crippen molar-refractivity contribution in [1.29, 1.82) is 0 Å². The number of benzene rings is 1. The minimum Gasteiger partial charge on any atom is -0.302 e. The van der Waals surface area contributed by atoms with Crippen LogP contribution in [-0.4, -0.2) is 34.7 Å². The second-order valence-corrected chi connectivity index (χ2v) is 7.57. The normalized spacial score (nSPS) is 24.1. The maximum atomic E-state index is 14.2. The number of rotatable bonds is 4. The highest BCUT2D eigenvalue weighted by atomic mass is 19.1. The molecule has 4 rings (SSSR count). The molecule has 2 aromatic rings. The summed E-state index contributed by atoms with van der Waals surface area (Å²) in [4.78, 5) is 2.55. The molecule has 5 heteroatoms. The van der Waals surface area contributed by atoms with Gasteiger partial charge in [0.1, 0.15) is 11.6 Å². The zero-order chi connectivity index (χ0) is 17.9. The van der Waals surface area contributed by atoms with Gasteiger partial charge in [-0.15, -0.1) is 0 Å². The van der Waals surface area contributed by atoms with Gasteiger partial charge in [0, 0.05) is 41.9 Å². The van der Waals surface area contributed by atoms with Gasteiger partial charge in [-0.25, -0.2) is 8.78 Å². The first-order valence-corrected chi connectivity index (χ1v) is 9.56. The van der Waals surface area contributed by atoms with Crippen molar-refractivity contribution in [3.05, 3.63) is 53.9 Å². The number of aromatic nitrogens is 2. The van der Waals surface area contributed by atoms with E-state index in [0.717, 1.165) is 55.7 Å². The molecule has 1 N–H and O–H groups in total. The predicted molar refractivity (Wildman–Crippen MR) is 98.8 cm³/mol. The first kappa shape index (κ1) is 17.4. The lowest BCUT2D eigenvalue weighted by molar-refractivity contribution is 0.173. The van der Waals surface area contributed by atoms with Gasteiger partial charge in [-0.2, -0.15) is 5.10 Å². The topological polar surface area (TPSA) is 31.9 Å². The molecule has 1 saturated heterocycles. The Bertz CT molecular complexity index is 783. The highest BCUT2D eigenvalue weighted by Gasteiger charge is 2.27. The molecule has 0 spiro atoms. The van der Waals surface area contributed by atoms with Crippen LogP contribution in [0.4, 0.5) is 8.78 Å². The first-order chi connectivity index (χ1) is 12.7. The van der Waals surface area contributed by atoms with Gasteiger partial charge in [0.2, 0.25) is 0 Å². The van der Waals surface area contributed by atoms with Crippen LogP contribution in [0.3, 0.4) is 0 Å². The number of H-pyrrole nitrogens is 1. The second kappa shape index (κ2) is 7.70. The molecule has 1 aromatic carbocycles. The minimum atomic E-state index is -0.554. The van der Waals surface area contributed by atoms with Crippen LogP contribution >= 0.6 is 0 Å². The second-order valence-electron chi connectivity index (χ2n) is 7.57. The van der Waals surface area contributed by atoms with Crippen molar-refractivity contribution in [2.24, 2.45) is 5.92 Å². The Balaban J connectivity index is 1.51. The number of likely N-dealkylation sites (tertiary alicyclic amines) is 1. The molecule has 0 bridgehead atoms. The summed E-state index contributed by atoms with van der Waals surface area (Å²) in [7, 11) is 0. The van der Waals surface area contributed by atoms with Gasteiger partial charge >= 0.3 is 0 Å². The van der Waals surface area contributed by atoms with E-state index >= 15 is 0 Å². The Morgan fingerprint density at radius 3 is 2.88 bits per heavy atom. The Labute approximate surface area is 153 Å². The van der Waals surface area contributed by atoms with Gasteiger partial charge in [-0.1, -0.05) is 12.2 Å². The van der Waals surface area contributed by atoms with E-state index in [2.05, 4.69) is 27.2 Å². The smallest absolute Gasteiger partial charge is 0.134 e. The van der Waals surface area contributed by atoms with Crippen molar-refractivity contribution >= 4 is 0 Å². The Hall–Kier alpha value is -2.01. The van der Waals surface area contributed by atoms with Gasteiger partial charge in [-0.05, 0) is 56.7 Å². The molecule has 2 aliphatic rings. The van der Waals surface area contributed by atoms with Crippen LogP contribution in [0, 0.1) is 17.6 Å². The maximum Gasteiger partial charge on any atom is 0.134 e. The number of hydrogen-bond acceptors (Lipinski definition) is 2. The van der Waals surface area contributed by atoms with Gasteiger partial charge in [0.05, 0.1) is 6.20 Å². The lowest BCUT2D eigenvalue weighted by atomic mass is 9.88. The van der Waals surface area contributed by atoms with Crippen LogP contribution in [0.1, 0.15) is 43.7 Å². The molecule has 2 heterocycles. The first-order valence-electron chi connectivity index (χ1n) is 9.56. The Morgan fingerprint density at radius 2 is 2.08 bits per heavy atom. The predicted octanol–water partition coefficient (Wildman–Crippen LogP) is 4.89. The monoisotopic (exact) mass is 357 g/mol. The molecule has 2 unspecified atom stereocenters. The molecule has 0 radical (unpaired) electrons. The van der Waals surface area contributed by atoms with Crippen LogP contribution in [-0.2, 0) is 0 Å².